The molecule has 0 aliphatic heterocycles. The van der Waals surface area contributed by atoms with Crippen LogP contribution in [0.1, 0.15) is 16.2 Å². The van der Waals surface area contributed by atoms with Gasteiger partial charge in [0.15, 0.2) is 5.82 Å². The third kappa shape index (κ3) is 3.66. The minimum atomic E-state index is -0.240. The molecule has 0 saturated carbocycles. The Labute approximate surface area is 163 Å². The lowest BCUT2D eigenvalue weighted by molar-refractivity contribution is 0.0773. The van der Waals surface area contributed by atoms with Crippen molar-refractivity contribution in [3.8, 4) is 17.1 Å². The van der Waals surface area contributed by atoms with Gasteiger partial charge >= 0.3 is 0 Å². The first-order valence-electron chi connectivity index (χ1n) is 8.94. The third-order valence-corrected chi connectivity index (χ3v) is 4.32. The molecule has 0 unspecified atom stereocenters. The first-order chi connectivity index (χ1) is 13.7. The van der Waals surface area contributed by atoms with Crippen LogP contribution in [0.25, 0.3) is 17.1 Å². The van der Waals surface area contributed by atoms with Gasteiger partial charge in [-0.05, 0) is 23.8 Å². The molecule has 2 aromatic heterocycles. The molecule has 2 aromatic carbocycles. The highest BCUT2D eigenvalue weighted by Crippen LogP contribution is 2.21. The van der Waals surface area contributed by atoms with Gasteiger partial charge < -0.3 is 4.90 Å². The van der Waals surface area contributed by atoms with Crippen LogP contribution in [-0.4, -0.2) is 37.6 Å². The molecule has 0 aliphatic rings. The largest absolute Gasteiger partial charge is 0.335 e. The highest BCUT2D eigenvalue weighted by Gasteiger charge is 2.21. The second-order valence-corrected chi connectivity index (χ2v) is 6.39. The van der Waals surface area contributed by atoms with Gasteiger partial charge in [0.25, 0.3) is 5.91 Å². The molecule has 0 N–H and O–H groups in total. The predicted octanol–water partition coefficient (Wildman–Crippen LogP) is 3.60. The van der Waals surface area contributed by atoms with Crippen molar-refractivity contribution < 1.29 is 4.79 Å². The summed E-state index contributed by atoms with van der Waals surface area (Å²) in [6, 6.07) is 23.2. The van der Waals surface area contributed by atoms with Gasteiger partial charge in [-0.3, -0.25) is 9.78 Å². The Balaban J connectivity index is 1.70. The second-order valence-electron chi connectivity index (χ2n) is 6.39. The van der Waals surface area contributed by atoms with Gasteiger partial charge in [-0.25, -0.2) is 9.67 Å². The topological polar surface area (TPSA) is 63.9 Å². The minimum Gasteiger partial charge on any atom is -0.335 e. The van der Waals surface area contributed by atoms with Crippen molar-refractivity contribution in [2.45, 2.75) is 6.54 Å². The fraction of sp³-hybridized carbons (Fsp3) is 0.0909. The lowest BCUT2D eigenvalue weighted by atomic mass is 10.2. The molecule has 138 valence electrons. The SMILES string of the molecule is CN(Cc1cccnc1)C(=O)c1nc(-c2ccccc2)n(-c2ccccc2)n1. The van der Waals surface area contributed by atoms with Crippen LogP contribution in [-0.2, 0) is 6.54 Å². The smallest absolute Gasteiger partial charge is 0.293 e. The van der Waals surface area contributed by atoms with Crippen LogP contribution in [0.4, 0.5) is 0 Å². The maximum atomic E-state index is 12.9. The summed E-state index contributed by atoms with van der Waals surface area (Å²) in [6.07, 6.45) is 3.45. The number of rotatable bonds is 5. The normalized spacial score (nSPS) is 10.6. The highest BCUT2D eigenvalue weighted by atomic mass is 16.2. The van der Waals surface area contributed by atoms with E-state index >= 15 is 0 Å². The average Bonchev–Trinajstić information content (AvgIpc) is 3.20. The summed E-state index contributed by atoms with van der Waals surface area (Å²) >= 11 is 0. The van der Waals surface area contributed by atoms with Gasteiger partial charge in [0.2, 0.25) is 5.82 Å². The number of para-hydroxylation sites is 1. The standard InChI is InChI=1S/C22H19N5O/c1-26(16-17-9-8-14-23-15-17)22(28)20-24-21(18-10-4-2-5-11-18)27(25-20)19-12-6-3-7-13-19/h2-15H,16H2,1H3. The molecule has 4 aromatic rings. The third-order valence-electron chi connectivity index (χ3n) is 4.32. The molecule has 0 atom stereocenters. The monoisotopic (exact) mass is 369 g/mol. The van der Waals surface area contributed by atoms with Crippen LogP contribution in [0.15, 0.2) is 85.2 Å². The lowest BCUT2D eigenvalue weighted by Gasteiger charge is -2.14. The summed E-state index contributed by atoms with van der Waals surface area (Å²) in [6.45, 7) is 0.438. The highest BCUT2D eigenvalue weighted by molar-refractivity contribution is 5.90. The summed E-state index contributed by atoms with van der Waals surface area (Å²) in [5.41, 5.74) is 2.69. The van der Waals surface area contributed by atoms with E-state index in [4.69, 9.17) is 0 Å². The quantitative estimate of drug-likeness (QED) is 0.539. The molecule has 4 rings (SSSR count). The van der Waals surface area contributed by atoms with Gasteiger partial charge in [-0.15, -0.1) is 5.10 Å². The maximum Gasteiger partial charge on any atom is 0.293 e. The molecular weight excluding hydrogens is 350 g/mol. The van der Waals surface area contributed by atoms with Crippen molar-refractivity contribution in [1.82, 2.24) is 24.6 Å². The van der Waals surface area contributed by atoms with E-state index in [1.165, 1.54) is 0 Å². The Kier molecular flexibility index (Phi) is 4.93. The van der Waals surface area contributed by atoms with Crippen molar-refractivity contribution >= 4 is 5.91 Å². The lowest BCUT2D eigenvalue weighted by Crippen LogP contribution is -2.27. The first-order valence-corrected chi connectivity index (χ1v) is 8.94. The zero-order chi connectivity index (χ0) is 19.3. The number of benzene rings is 2. The molecule has 0 radical (unpaired) electrons. The van der Waals surface area contributed by atoms with Crippen molar-refractivity contribution in [3.63, 3.8) is 0 Å². The minimum absolute atomic E-state index is 0.161. The number of hydrogen-bond acceptors (Lipinski definition) is 4. The predicted molar refractivity (Wildman–Crippen MR) is 107 cm³/mol. The summed E-state index contributed by atoms with van der Waals surface area (Å²) < 4.78 is 1.71. The van der Waals surface area contributed by atoms with Crippen LogP contribution in [0.3, 0.4) is 0 Å². The van der Waals surface area contributed by atoms with Gasteiger partial charge in [-0.2, -0.15) is 0 Å². The Morgan fingerprint density at radius 1 is 0.964 bits per heavy atom. The molecular formula is C22H19N5O. The maximum absolute atomic E-state index is 12.9. The summed E-state index contributed by atoms with van der Waals surface area (Å²) in [7, 11) is 1.74. The molecule has 2 heterocycles. The van der Waals surface area contributed by atoms with E-state index in [2.05, 4.69) is 15.1 Å². The number of amides is 1. The molecule has 1 amide bonds. The number of carbonyl (C=O) groups excluding carboxylic acids is 1. The van der Waals surface area contributed by atoms with Crippen molar-refractivity contribution in [3.05, 3.63) is 96.6 Å². The van der Waals surface area contributed by atoms with E-state index < -0.39 is 0 Å². The van der Waals surface area contributed by atoms with E-state index in [0.29, 0.717) is 12.4 Å². The van der Waals surface area contributed by atoms with Crippen LogP contribution in [0, 0.1) is 0 Å². The molecule has 0 bridgehead atoms. The van der Waals surface area contributed by atoms with Gasteiger partial charge in [0, 0.05) is 31.5 Å². The molecule has 0 aliphatic carbocycles. The van der Waals surface area contributed by atoms with E-state index in [9.17, 15) is 4.79 Å². The van der Waals surface area contributed by atoms with Crippen molar-refractivity contribution in [2.24, 2.45) is 0 Å². The number of carbonyl (C=O) groups is 1. The summed E-state index contributed by atoms with van der Waals surface area (Å²) in [5.74, 6) is 0.551. The van der Waals surface area contributed by atoms with Crippen molar-refractivity contribution in [1.29, 1.82) is 0 Å². The van der Waals surface area contributed by atoms with E-state index in [1.807, 2.05) is 72.8 Å². The molecule has 0 fully saturated rings. The van der Waals surface area contributed by atoms with Gasteiger partial charge in [-0.1, -0.05) is 54.6 Å². The molecule has 6 nitrogen and oxygen atoms in total. The average molecular weight is 369 g/mol. The Bertz CT molecular complexity index is 1010. The van der Waals surface area contributed by atoms with Gasteiger partial charge in [0.05, 0.1) is 5.69 Å². The summed E-state index contributed by atoms with van der Waals surface area (Å²) in [5, 5.41) is 4.52. The summed E-state index contributed by atoms with van der Waals surface area (Å²) in [4.78, 5) is 23.2. The van der Waals surface area contributed by atoms with E-state index in [0.717, 1.165) is 16.8 Å². The zero-order valence-electron chi connectivity index (χ0n) is 15.4. The molecule has 0 spiro atoms. The second kappa shape index (κ2) is 7.84. The fourth-order valence-electron chi connectivity index (χ4n) is 2.93. The van der Waals surface area contributed by atoms with Crippen LogP contribution >= 0.6 is 0 Å². The Hall–Kier alpha value is -3.80. The first kappa shape index (κ1) is 17.6. The number of pyridine rings is 1. The van der Waals surface area contributed by atoms with Gasteiger partial charge in [0.1, 0.15) is 0 Å². The Morgan fingerprint density at radius 2 is 1.68 bits per heavy atom. The zero-order valence-corrected chi connectivity index (χ0v) is 15.4. The Morgan fingerprint density at radius 3 is 2.36 bits per heavy atom. The van der Waals surface area contributed by atoms with Crippen LogP contribution in [0.2, 0.25) is 0 Å². The van der Waals surface area contributed by atoms with Crippen LogP contribution in [0.5, 0.6) is 0 Å². The molecule has 28 heavy (non-hydrogen) atoms. The number of aromatic nitrogens is 4. The number of nitrogens with zero attached hydrogens (tertiary/aromatic N) is 5. The molecule has 0 saturated heterocycles. The fourth-order valence-corrected chi connectivity index (χ4v) is 2.93. The van der Waals surface area contributed by atoms with E-state index in [-0.39, 0.29) is 11.7 Å². The van der Waals surface area contributed by atoms with E-state index in [1.54, 1.807) is 29.0 Å². The van der Waals surface area contributed by atoms with Crippen LogP contribution < -0.4 is 0 Å². The molecule has 6 heteroatoms. The number of hydrogen-bond donors (Lipinski definition) is 0. The van der Waals surface area contributed by atoms with Crippen molar-refractivity contribution in [2.75, 3.05) is 7.05 Å².